The van der Waals surface area contributed by atoms with Crippen LogP contribution in [0.2, 0.25) is 0 Å². The lowest BCUT2D eigenvalue weighted by Crippen LogP contribution is -2.42. The van der Waals surface area contributed by atoms with E-state index >= 15 is 0 Å². The summed E-state index contributed by atoms with van der Waals surface area (Å²) in [6, 6.07) is 10.5. The Balaban J connectivity index is 1.73. The summed E-state index contributed by atoms with van der Waals surface area (Å²) < 4.78 is 0. The first-order chi connectivity index (χ1) is 9.74. The van der Waals surface area contributed by atoms with Gasteiger partial charge in [0.1, 0.15) is 0 Å². The van der Waals surface area contributed by atoms with Crippen LogP contribution in [0.4, 0.5) is 0 Å². The summed E-state index contributed by atoms with van der Waals surface area (Å²) in [5, 5.41) is 6.45. The van der Waals surface area contributed by atoms with Crippen molar-refractivity contribution in [2.45, 2.75) is 25.8 Å². The van der Waals surface area contributed by atoms with Crippen LogP contribution in [-0.2, 0) is 11.2 Å². The number of carbonyl (C=O) groups excluding carboxylic acids is 1. The summed E-state index contributed by atoms with van der Waals surface area (Å²) >= 11 is 0. The van der Waals surface area contributed by atoms with Gasteiger partial charge in [0.15, 0.2) is 0 Å². The SMILES string of the molecule is CC(Cc1ccccc1)NC(=O)CN1CCCNCC1. The summed E-state index contributed by atoms with van der Waals surface area (Å²) in [5.74, 6) is 0.135. The highest BCUT2D eigenvalue weighted by molar-refractivity contribution is 5.78. The maximum Gasteiger partial charge on any atom is 0.234 e. The lowest BCUT2D eigenvalue weighted by atomic mass is 10.1. The third-order valence-corrected chi connectivity index (χ3v) is 3.59. The second-order valence-corrected chi connectivity index (χ2v) is 5.54. The van der Waals surface area contributed by atoms with Gasteiger partial charge in [-0.05, 0) is 38.4 Å². The second kappa shape index (κ2) is 8.02. The molecule has 1 aliphatic heterocycles. The van der Waals surface area contributed by atoms with E-state index in [1.807, 2.05) is 18.2 Å². The zero-order chi connectivity index (χ0) is 14.2. The normalized spacial score (nSPS) is 18.2. The maximum absolute atomic E-state index is 12.1. The van der Waals surface area contributed by atoms with E-state index in [0.29, 0.717) is 6.54 Å². The van der Waals surface area contributed by atoms with Crippen molar-refractivity contribution in [1.82, 2.24) is 15.5 Å². The molecule has 110 valence electrons. The van der Waals surface area contributed by atoms with E-state index in [2.05, 4.69) is 34.6 Å². The molecule has 1 amide bonds. The van der Waals surface area contributed by atoms with Crippen LogP contribution in [0, 0.1) is 0 Å². The largest absolute Gasteiger partial charge is 0.352 e. The first-order valence-corrected chi connectivity index (χ1v) is 7.50. The molecule has 1 fully saturated rings. The Hall–Kier alpha value is -1.39. The van der Waals surface area contributed by atoms with Gasteiger partial charge in [0.2, 0.25) is 5.91 Å². The van der Waals surface area contributed by atoms with Crippen molar-refractivity contribution in [1.29, 1.82) is 0 Å². The van der Waals surface area contributed by atoms with Crippen molar-refractivity contribution < 1.29 is 4.79 Å². The van der Waals surface area contributed by atoms with Crippen LogP contribution in [-0.4, -0.2) is 49.6 Å². The number of hydrogen-bond acceptors (Lipinski definition) is 3. The van der Waals surface area contributed by atoms with Gasteiger partial charge < -0.3 is 10.6 Å². The number of amides is 1. The quantitative estimate of drug-likeness (QED) is 0.843. The van der Waals surface area contributed by atoms with Gasteiger partial charge >= 0.3 is 0 Å². The average molecular weight is 275 g/mol. The summed E-state index contributed by atoms with van der Waals surface area (Å²) in [6.07, 6.45) is 2.00. The molecule has 2 rings (SSSR count). The van der Waals surface area contributed by atoms with Gasteiger partial charge in [-0.15, -0.1) is 0 Å². The molecule has 1 aromatic rings. The smallest absolute Gasteiger partial charge is 0.234 e. The molecule has 0 saturated carbocycles. The van der Waals surface area contributed by atoms with E-state index < -0.39 is 0 Å². The van der Waals surface area contributed by atoms with Gasteiger partial charge in [-0.2, -0.15) is 0 Å². The van der Waals surface area contributed by atoms with Crippen LogP contribution in [0.25, 0.3) is 0 Å². The summed E-state index contributed by atoms with van der Waals surface area (Å²) in [7, 11) is 0. The zero-order valence-electron chi connectivity index (χ0n) is 12.3. The molecule has 1 heterocycles. The topological polar surface area (TPSA) is 44.4 Å². The van der Waals surface area contributed by atoms with E-state index in [4.69, 9.17) is 0 Å². The molecule has 1 aromatic carbocycles. The Morgan fingerprint density at radius 3 is 2.90 bits per heavy atom. The van der Waals surface area contributed by atoms with Crippen LogP contribution in [0.15, 0.2) is 30.3 Å². The molecule has 0 aliphatic carbocycles. The van der Waals surface area contributed by atoms with Crippen molar-refractivity contribution in [3.05, 3.63) is 35.9 Å². The van der Waals surface area contributed by atoms with Crippen molar-refractivity contribution in [2.75, 3.05) is 32.7 Å². The number of rotatable bonds is 5. The fourth-order valence-corrected chi connectivity index (χ4v) is 2.60. The van der Waals surface area contributed by atoms with E-state index in [-0.39, 0.29) is 11.9 Å². The lowest BCUT2D eigenvalue weighted by molar-refractivity contribution is -0.122. The van der Waals surface area contributed by atoms with Crippen LogP contribution in [0.1, 0.15) is 18.9 Å². The average Bonchev–Trinajstić information content (AvgIpc) is 2.68. The first kappa shape index (κ1) is 15.0. The molecule has 1 unspecified atom stereocenters. The molecule has 2 N–H and O–H groups in total. The molecule has 1 atom stereocenters. The van der Waals surface area contributed by atoms with E-state index in [0.717, 1.165) is 39.0 Å². The highest BCUT2D eigenvalue weighted by Crippen LogP contribution is 2.03. The van der Waals surface area contributed by atoms with Gasteiger partial charge in [-0.1, -0.05) is 30.3 Å². The van der Waals surface area contributed by atoms with Crippen LogP contribution < -0.4 is 10.6 Å². The summed E-state index contributed by atoms with van der Waals surface area (Å²) in [5.41, 5.74) is 1.26. The van der Waals surface area contributed by atoms with Crippen molar-refractivity contribution in [2.24, 2.45) is 0 Å². The van der Waals surface area contributed by atoms with Crippen molar-refractivity contribution in [3.63, 3.8) is 0 Å². The molecule has 0 spiro atoms. The van der Waals surface area contributed by atoms with E-state index in [1.165, 1.54) is 5.56 Å². The molecule has 1 aliphatic rings. The fourth-order valence-electron chi connectivity index (χ4n) is 2.60. The van der Waals surface area contributed by atoms with Crippen molar-refractivity contribution >= 4 is 5.91 Å². The number of benzene rings is 1. The summed E-state index contributed by atoms with van der Waals surface area (Å²) in [6.45, 7) is 6.58. The highest BCUT2D eigenvalue weighted by Gasteiger charge is 2.14. The fraction of sp³-hybridized carbons (Fsp3) is 0.562. The Morgan fingerprint density at radius 2 is 2.10 bits per heavy atom. The zero-order valence-corrected chi connectivity index (χ0v) is 12.3. The first-order valence-electron chi connectivity index (χ1n) is 7.50. The Kier molecular flexibility index (Phi) is 6.02. The van der Waals surface area contributed by atoms with E-state index in [9.17, 15) is 4.79 Å². The molecule has 4 heteroatoms. The second-order valence-electron chi connectivity index (χ2n) is 5.54. The van der Waals surface area contributed by atoms with Gasteiger partial charge in [0.25, 0.3) is 0 Å². The Bertz CT molecular complexity index is 399. The van der Waals surface area contributed by atoms with Gasteiger partial charge in [0.05, 0.1) is 6.54 Å². The Morgan fingerprint density at radius 1 is 1.30 bits per heavy atom. The van der Waals surface area contributed by atoms with E-state index in [1.54, 1.807) is 0 Å². The molecule has 0 aromatic heterocycles. The lowest BCUT2D eigenvalue weighted by Gasteiger charge is -2.20. The predicted molar refractivity (Wildman–Crippen MR) is 81.7 cm³/mol. The minimum atomic E-state index is 0.135. The van der Waals surface area contributed by atoms with Crippen LogP contribution >= 0.6 is 0 Å². The Labute approximate surface area is 121 Å². The molecule has 0 bridgehead atoms. The molecule has 20 heavy (non-hydrogen) atoms. The molecule has 4 nitrogen and oxygen atoms in total. The van der Waals surface area contributed by atoms with Gasteiger partial charge in [-0.25, -0.2) is 0 Å². The van der Waals surface area contributed by atoms with Gasteiger partial charge in [0, 0.05) is 19.1 Å². The monoisotopic (exact) mass is 275 g/mol. The third kappa shape index (κ3) is 5.31. The van der Waals surface area contributed by atoms with Crippen LogP contribution in [0.3, 0.4) is 0 Å². The highest BCUT2D eigenvalue weighted by atomic mass is 16.2. The number of hydrogen-bond donors (Lipinski definition) is 2. The summed E-state index contributed by atoms with van der Waals surface area (Å²) in [4.78, 5) is 14.3. The maximum atomic E-state index is 12.1. The number of nitrogens with one attached hydrogen (secondary N) is 2. The molecule has 0 radical (unpaired) electrons. The van der Waals surface area contributed by atoms with Crippen LogP contribution in [0.5, 0.6) is 0 Å². The number of carbonyl (C=O) groups is 1. The molecular weight excluding hydrogens is 250 g/mol. The minimum absolute atomic E-state index is 0.135. The molecule has 1 saturated heterocycles. The standard InChI is InChI=1S/C16H25N3O/c1-14(12-15-6-3-2-4-7-15)18-16(20)13-19-10-5-8-17-9-11-19/h2-4,6-7,14,17H,5,8-13H2,1H3,(H,18,20). The van der Waals surface area contributed by atoms with Gasteiger partial charge in [-0.3, -0.25) is 9.69 Å². The minimum Gasteiger partial charge on any atom is -0.352 e. The van der Waals surface area contributed by atoms with Crippen molar-refractivity contribution in [3.8, 4) is 0 Å². The predicted octanol–water partition coefficient (Wildman–Crippen LogP) is 1.03. The number of nitrogens with zero attached hydrogens (tertiary/aromatic N) is 1. The third-order valence-electron chi connectivity index (χ3n) is 3.59. The molecular formula is C16H25N3O.